The minimum atomic E-state index is 0.802. The Morgan fingerprint density at radius 2 is 2.11 bits per heavy atom. The molecule has 2 rings (SSSR count). The normalized spacial score (nSPS) is 10.7. The van der Waals surface area contributed by atoms with Crippen LogP contribution >= 0.6 is 11.3 Å². The molecule has 1 aromatic heterocycles. The zero-order chi connectivity index (χ0) is 13.1. The Labute approximate surface area is 112 Å². The van der Waals surface area contributed by atoms with Crippen LogP contribution in [0.15, 0.2) is 18.2 Å². The van der Waals surface area contributed by atoms with Gasteiger partial charge in [0.05, 0.1) is 18.4 Å². The molecule has 1 aromatic carbocycles. The quantitative estimate of drug-likeness (QED) is 0.919. The van der Waals surface area contributed by atoms with Gasteiger partial charge in [-0.05, 0) is 33.0 Å². The number of nitrogens with zero attached hydrogens (tertiary/aromatic N) is 1. The minimum Gasteiger partial charge on any atom is -0.496 e. The monoisotopic (exact) mass is 262 g/mol. The van der Waals surface area contributed by atoms with Crippen molar-refractivity contribution in [2.24, 2.45) is 0 Å². The molecule has 4 heteroatoms. The molecular formula is C14H18N2OS. The average Bonchev–Trinajstić information content (AvgIpc) is 2.71. The van der Waals surface area contributed by atoms with Gasteiger partial charge in [0.25, 0.3) is 0 Å². The van der Waals surface area contributed by atoms with Crippen LogP contribution in [0.2, 0.25) is 0 Å². The van der Waals surface area contributed by atoms with Crippen molar-refractivity contribution in [3.8, 4) is 16.3 Å². The van der Waals surface area contributed by atoms with E-state index in [9.17, 15) is 0 Å². The van der Waals surface area contributed by atoms with Crippen molar-refractivity contribution in [2.75, 3.05) is 14.2 Å². The van der Waals surface area contributed by atoms with Gasteiger partial charge in [-0.2, -0.15) is 0 Å². The summed E-state index contributed by atoms with van der Waals surface area (Å²) < 4.78 is 5.41. The third kappa shape index (κ3) is 2.54. The summed E-state index contributed by atoms with van der Waals surface area (Å²) in [5.74, 6) is 0.880. The molecule has 1 heterocycles. The van der Waals surface area contributed by atoms with Crippen LogP contribution in [0.3, 0.4) is 0 Å². The van der Waals surface area contributed by atoms with E-state index in [0.29, 0.717) is 0 Å². The maximum Gasteiger partial charge on any atom is 0.129 e. The zero-order valence-corrected chi connectivity index (χ0v) is 12.0. The SMILES string of the molecule is CNCc1nc(-c2cc(C)ccc2OC)sc1C. The van der Waals surface area contributed by atoms with E-state index in [0.717, 1.165) is 28.6 Å². The molecule has 0 aliphatic carbocycles. The number of rotatable bonds is 4. The highest BCUT2D eigenvalue weighted by Gasteiger charge is 2.13. The second kappa shape index (κ2) is 5.50. The van der Waals surface area contributed by atoms with E-state index in [1.807, 2.05) is 13.1 Å². The Hall–Kier alpha value is -1.39. The first-order valence-corrected chi connectivity index (χ1v) is 6.73. The Morgan fingerprint density at radius 3 is 2.78 bits per heavy atom. The van der Waals surface area contributed by atoms with Gasteiger partial charge < -0.3 is 10.1 Å². The van der Waals surface area contributed by atoms with E-state index in [2.05, 4.69) is 31.3 Å². The standard InChI is InChI=1S/C14H18N2OS/c1-9-5-6-13(17-4)11(7-9)14-16-12(8-15-3)10(2)18-14/h5-7,15H,8H2,1-4H3. The summed E-state index contributed by atoms with van der Waals surface area (Å²) in [5.41, 5.74) is 3.41. The molecule has 0 saturated heterocycles. The van der Waals surface area contributed by atoms with Crippen LogP contribution in [0, 0.1) is 13.8 Å². The first-order valence-electron chi connectivity index (χ1n) is 5.91. The van der Waals surface area contributed by atoms with Crippen molar-refractivity contribution < 1.29 is 4.74 Å². The van der Waals surface area contributed by atoms with Gasteiger partial charge in [0.2, 0.25) is 0 Å². The highest BCUT2D eigenvalue weighted by molar-refractivity contribution is 7.15. The van der Waals surface area contributed by atoms with E-state index >= 15 is 0 Å². The summed E-state index contributed by atoms with van der Waals surface area (Å²) in [6.07, 6.45) is 0. The predicted molar refractivity (Wildman–Crippen MR) is 76.3 cm³/mol. The molecule has 0 saturated carbocycles. The molecule has 0 bridgehead atoms. The smallest absolute Gasteiger partial charge is 0.129 e. The van der Waals surface area contributed by atoms with Crippen LogP contribution in [0.4, 0.5) is 0 Å². The summed E-state index contributed by atoms with van der Waals surface area (Å²) in [6, 6.07) is 6.18. The lowest BCUT2D eigenvalue weighted by Gasteiger charge is -2.06. The number of ether oxygens (including phenoxy) is 1. The van der Waals surface area contributed by atoms with Crippen molar-refractivity contribution in [3.63, 3.8) is 0 Å². The number of methoxy groups -OCH3 is 1. The zero-order valence-electron chi connectivity index (χ0n) is 11.2. The van der Waals surface area contributed by atoms with Crippen LogP contribution in [0.5, 0.6) is 5.75 Å². The van der Waals surface area contributed by atoms with Gasteiger partial charge in [-0.1, -0.05) is 11.6 Å². The van der Waals surface area contributed by atoms with Gasteiger partial charge in [0.1, 0.15) is 10.8 Å². The van der Waals surface area contributed by atoms with Crippen molar-refractivity contribution in [3.05, 3.63) is 34.3 Å². The molecule has 1 N–H and O–H groups in total. The number of hydrogen-bond donors (Lipinski definition) is 1. The van der Waals surface area contributed by atoms with Gasteiger partial charge in [-0.25, -0.2) is 4.98 Å². The second-order valence-electron chi connectivity index (χ2n) is 4.26. The van der Waals surface area contributed by atoms with Gasteiger partial charge in [-0.15, -0.1) is 11.3 Å². The van der Waals surface area contributed by atoms with Crippen molar-refractivity contribution in [1.82, 2.24) is 10.3 Å². The van der Waals surface area contributed by atoms with Gasteiger partial charge in [0, 0.05) is 11.4 Å². The molecule has 0 radical (unpaired) electrons. The van der Waals surface area contributed by atoms with Crippen LogP contribution in [0.25, 0.3) is 10.6 Å². The molecule has 96 valence electrons. The fourth-order valence-corrected chi connectivity index (χ4v) is 2.81. The second-order valence-corrected chi connectivity index (χ2v) is 5.46. The first kappa shape index (κ1) is 13.1. The Morgan fingerprint density at radius 1 is 1.33 bits per heavy atom. The third-order valence-corrected chi connectivity index (χ3v) is 3.87. The van der Waals surface area contributed by atoms with E-state index in [-0.39, 0.29) is 0 Å². The highest BCUT2D eigenvalue weighted by Crippen LogP contribution is 2.34. The molecule has 18 heavy (non-hydrogen) atoms. The van der Waals surface area contributed by atoms with Crippen molar-refractivity contribution in [2.45, 2.75) is 20.4 Å². The largest absolute Gasteiger partial charge is 0.496 e. The Bertz CT molecular complexity index is 549. The fourth-order valence-electron chi connectivity index (χ4n) is 1.86. The van der Waals surface area contributed by atoms with Crippen LogP contribution in [-0.4, -0.2) is 19.1 Å². The fraction of sp³-hybridized carbons (Fsp3) is 0.357. The van der Waals surface area contributed by atoms with Crippen LogP contribution in [0.1, 0.15) is 16.1 Å². The Kier molecular flexibility index (Phi) is 3.99. The molecule has 0 atom stereocenters. The third-order valence-electron chi connectivity index (χ3n) is 2.82. The Balaban J connectivity index is 2.47. The lowest BCUT2D eigenvalue weighted by Crippen LogP contribution is -2.06. The van der Waals surface area contributed by atoms with Gasteiger partial charge in [-0.3, -0.25) is 0 Å². The van der Waals surface area contributed by atoms with Crippen LogP contribution < -0.4 is 10.1 Å². The molecule has 0 unspecified atom stereocenters. The van der Waals surface area contributed by atoms with Gasteiger partial charge in [0.15, 0.2) is 0 Å². The summed E-state index contributed by atoms with van der Waals surface area (Å²) in [5, 5.41) is 4.17. The molecule has 2 aromatic rings. The number of benzene rings is 1. The predicted octanol–water partition coefficient (Wildman–Crippen LogP) is 3.15. The summed E-state index contributed by atoms with van der Waals surface area (Å²) in [7, 11) is 3.63. The molecule has 3 nitrogen and oxygen atoms in total. The molecule has 0 spiro atoms. The summed E-state index contributed by atoms with van der Waals surface area (Å²) in [4.78, 5) is 5.95. The minimum absolute atomic E-state index is 0.802. The summed E-state index contributed by atoms with van der Waals surface area (Å²) >= 11 is 1.71. The maximum atomic E-state index is 5.41. The van der Waals surface area contributed by atoms with E-state index < -0.39 is 0 Å². The molecule has 0 fully saturated rings. The molecular weight excluding hydrogens is 244 g/mol. The lowest BCUT2D eigenvalue weighted by atomic mass is 10.1. The number of hydrogen-bond acceptors (Lipinski definition) is 4. The van der Waals surface area contributed by atoms with E-state index in [1.54, 1.807) is 18.4 Å². The average molecular weight is 262 g/mol. The number of nitrogens with one attached hydrogen (secondary N) is 1. The van der Waals surface area contributed by atoms with Crippen molar-refractivity contribution in [1.29, 1.82) is 0 Å². The number of aromatic nitrogens is 1. The van der Waals surface area contributed by atoms with Gasteiger partial charge >= 0.3 is 0 Å². The number of thiazole rings is 1. The molecule has 0 amide bonds. The number of aryl methyl sites for hydroxylation is 2. The van der Waals surface area contributed by atoms with E-state index in [4.69, 9.17) is 9.72 Å². The molecule has 0 aliphatic rings. The first-order chi connectivity index (χ1) is 8.65. The topological polar surface area (TPSA) is 34.2 Å². The molecule has 0 aliphatic heterocycles. The summed E-state index contributed by atoms with van der Waals surface area (Å²) in [6.45, 7) is 4.99. The van der Waals surface area contributed by atoms with Crippen LogP contribution in [-0.2, 0) is 6.54 Å². The lowest BCUT2D eigenvalue weighted by molar-refractivity contribution is 0.416. The van der Waals surface area contributed by atoms with E-state index in [1.165, 1.54) is 10.4 Å². The maximum absolute atomic E-state index is 5.41. The highest BCUT2D eigenvalue weighted by atomic mass is 32.1. The van der Waals surface area contributed by atoms with Crippen molar-refractivity contribution >= 4 is 11.3 Å².